The first kappa shape index (κ1) is 19.3. The van der Waals surface area contributed by atoms with Gasteiger partial charge in [-0.1, -0.05) is 61.2 Å². The summed E-state index contributed by atoms with van der Waals surface area (Å²) in [6.45, 7) is 5.19. The van der Waals surface area contributed by atoms with Crippen molar-refractivity contribution in [3.63, 3.8) is 0 Å². The first-order valence-electron chi connectivity index (χ1n) is 8.67. The molecule has 0 heterocycles. The Balaban J connectivity index is 2.02. The number of para-hydroxylation sites is 3. The van der Waals surface area contributed by atoms with E-state index in [2.05, 4.69) is 6.58 Å². The molecule has 3 aromatic carbocycles. The highest BCUT2D eigenvalue weighted by Crippen LogP contribution is 2.25. The number of carbonyl (C=O) groups is 1. The van der Waals surface area contributed by atoms with E-state index in [-0.39, 0.29) is 5.57 Å². The molecular formula is C22H20O5Si. The van der Waals surface area contributed by atoms with E-state index in [9.17, 15) is 4.79 Å². The van der Waals surface area contributed by atoms with Crippen LogP contribution in [0.25, 0.3) is 0 Å². The SMILES string of the molecule is C=C(C)C(=O)O[Si](Oc1ccccc1)(Oc1ccccc1)Oc1ccccc1. The van der Waals surface area contributed by atoms with Gasteiger partial charge in [-0.2, -0.15) is 0 Å². The van der Waals surface area contributed by atoms with Gasteiger partial charge >= 0.3 is 15.0 Å². The van der Waals surface area contributed by atoms with Gasteiger partial charge in [-0.25, -0.2) is 4.79 Å². The molecule has 6 heteroatoms. The molecule has 0 aliphatic heterocycles. The van der Waals surface area contributed by atoms with Crippen molar-refractivity contribution in [1.82, 2.24) is 0 Å². The van der Waals surface area contributed by atoms with Crippen LogP contribution in [-0.4, -0.2) is 15.0 Å². The fourth-order valence-electron chi connectivity index (χ4n) is 2.22. The molecule has 0 bridgehead atoms. The van der Waals surface area contributed by atoms with Gasteiger partial charge in [0.05, 0.1) is 0 Å². The highest BCUT2D eigenvalue weighted by molar-refractivity contribution is 6.58. The maximum absolute atomic E-state index is 12.4. The molecule has 0 radical (unpaired) electrons. The zero-order chi connectivity index (χ0) is 19.8. The molecule has 0 fully saturated rings. The second-order valence-electron chi connectivity index (χ2n) is 5.92. The summed E-state index contributed by atoms with van der Waals surface area (Å²) in [7, 11) is -4.05. The predicted molar refractivity (Wildman–Crippen MR) is 108 cm³/mol. The van der Waals surface area contributed by atoms with Crippen LogP contribution in [0.1, 0.15) is 6.92 Å². The minimum absolute atomic E-state index is 0.210. The molecule has 0 saturated carbocycles. The van der Waals surface area contributed by atoms with Gasteiger partial charge in [0.25, 0.3) is 0 Å². The quantitative estimate of drug-likeness (QED) is 0.408. The van der Waals surface area contributed by atoms with Crippen LogP contribution in [0.15, 0.2) is 103 Å². The largest absolute Gasteiger partial charge is 0.969 e. The van der Waals surface area contributed by atoms with Crippen molar-refractivity contribution < 1.29 is 22.5 Å². The lowest BCUT2D eigenvalue weighted by Gasteiger charge is -2.27. The third-order valence-electron chi connectivity index (χ3n) is 3.52. The molecule has 5 nitrogen and oxygen atoms in total. The van der Waals surface area contributed by atoms with Crippen LogP contribution in [0.3, 0.4) is 0 Å². The van der Waals surface area contributed by atoms with E-state index in [1.807, 2.05) is 18.2 Å². The predicted octanol–water partition coefficient (Wildman–Crippen LogP) is 4.78. The van der Waals surface area contributed by atoms with Crippen molar-refractivity contribution in [2.75, 3.05) is 0 Å². The van der Waals surface area contributed by atoms with Crippen LogP contribution < -0.4 is 13.3 Å². The molecule has 0 N–H and O–H groups in total. The van der Waals surface area contributed by atoms with Crippen molar-refractivity contribution in [2.45, 2.75) is 6.92 Å². The third kappa shape index (κ3) is 5.25. The van der Waals surface area contributed by atoms with Gasteiger partial charge in [-0.15, -0.1) is 0 Å². The lowest BCUT2D eigenvalue weighted by molar-refractivity contribution is -0.135. The Morgan fingerprint density at radius 2 is 1.00 bits per heavy atom. The maximum Gasteiger partial charge on any atom is 0.969 e. The second-order valence-corrected chi connectivity index (χ2v) is 7.73. The van der Waals surface area contributed by atoms with Crippen LogP contribution >= 0.6 is 0 Å². The smallest absolute Gasteiger partial charge is 0.452 e. The van der Waals surface area contributed by atoms with E-state index >= 15 is 0 Å². The lowest BCUT2D eigenvalue weighted by atomic mass is 10.3. The molecule has 0 spiro atoms. The molecule has 142 valence electrons. The van der Waals surface area contributed by atoms with Crippen molar-refractivity contribution in [3.8, 4) is 17.2 Å². The average molecular weight is 392 g/mol. The Labute approximate surface area is 165 Å². The summed E-state index contributed by atoms with van der Waals surface area (Å²) >= 11 is 0. The van der Waals surface area contributed by atoms with Crippen LogP contribution in [-0.2, 0) is 9.22 Å². The Bertz CT molecular complexity index is 812. The first-order valence-corrected chi connectivity index (χ1v) is 10.3. The molecule has 0 unspecified atom stereocenters. The van der Waals surface area contributed by atoms with Gasteiger partial charge in [0.15, 0.2) is 0 Å². The Morgan fingerprint density at radius 3 is 1.29 bits per heavy atom. The van der Waals surface area contributed by atoms with Gasteiger partial charge in [0.2, 0.25) is 0 Å². The summed E-state index contributed by atoms with van der Waals surface area (Å²) < 4.78 is 23.8. The van der Waals surface area contributed by atoms with E-state index in [1.54, 1.807) is 79.7 Å². The summed E-state index contributed by atoms with van der Waals surface area (Å²) in [5, 5.41) is 0. The average Bonchev–Trinajstić information content (AvgIpc) is 2.70. The second kappa shape index (κ2) is 8.92. The number of carbonyl (C=O) groups excluding carboxylic acids is 1. The fourth-order valence-corrected chi connectivity index (χ4v) is 4.15. The zero-order valence-corrected chi connectivity index (χ0v) is 16.4. The zero-order valence-electron chi connectivity index (χ0n) is 15.4. The van der Waals surface area contributed by atoms with Crippen molar-refractivity contribution >= 4 is 15.0 Å². The number of hydrogen-bond donors (Lipinski definition) is 0. The van der Waals surface area contributed by atoms with Gasteiger partial charge in [-0.05, 0) is 43.3 Å². The van der Waals surface area contributed by atoms with Crippen molar-refractivity contribution in [2.24, 2.45) is 0 Å². The molecule has 0 aliphatic carbocycles. The van der Waals surface area contributed by atoms with Crippen LogP contribution in [0, 0.1) is 0 Å². The molecule has 0 atom stereocenters. The molecule has 0 aromatic heterocycles. The standard InChI is InChI=1S/C22H20O5Si/c1-18(2)22(23)27-28(24-19-12-6-3-7-13-19,25-20-14-8-4-9-15-20)26-21-16-10-5-11-17-21/h3-17H,1H2,2H3. The molecule has 3 aromatic rings. The molecule has 0 saturated heterocycles. The molecule has 0 amide bonds. The van der Waals surface area contributed by atoms with Crippen LogP contribution in [0.2, 0.25) is 0 Å². The normalized spacial score (nSPS) is 10.6. The summed E-state index contributed by atoms with van der Waals surface area (Å²) in [5.41, 5.74) is 0.210. The fraction of sp³-hybridized carbons (Fsp3) is 0.0455. The van der Waals surface area contributed by atoms with Gasteiger partial charge in [0.1, 0.15) is 17.2 Å². The monoisotopic (exact) mass is 392 g/mol. The van der Waals surface area contributed by atoms with Crippen LogP contribution in [0.5, 0.6) is 17.2 Å². The van der Waals surface area contributed by atoms with Crippen molar-refractivity contribution in [3.05, 3.63) is 103 Å². The van der Waals surface area contributed by atoms with E-state index in [0.29, 0.717) is 17.2 Å². The minimum atomic E-state index is -4.05. The summed E-state index contributed by atoms with van der Waals surface area (Å²) in [6, 6.07) is 26.8. The first-order chi connectivity index (χ1) is 13.6. The van der Waals surface area contributed by atoms with E-state index in [1.165, 1.54) is 0 Å². The minimum Gasteiger partial charge on any atom is -0.452 e. The van der Waals surface area contributed by atoms with Gasteiger partial charge < -0.3 is 17.7 Å². The Hall–Kier alpha value is -3.51. The number of rotatable bonds is 8. The third-order valence-corrected chi connectivity index (χ3v) is 5.42. The Morgan fingerprint density at radius 1 is 0.679 bits per heavy atom. The lowest BCUT2D eigenvalue weighted by Crippen LogP contribution is -2.59. The number of benzene rings is 3. The van der Waals surface area contributed by atoms with Gasteiger partial charge in [0, 0.05) is 5.57 Å². The molecule has 3 rings (SSSR count). The van der Waals surface area contributed by atoms with E-state index in [4.69, 9.17) is 17.7 Å². The number of hydrogen-bond acceptors (Lipinski definition) is 5. The molecular weight excluding hydrogens is 372 g/mol. The highest BCUT2D eigenvalue weighted by atomic mass is 28.4. The van der Waals surface area contributed by atoms with Crippen molar-refractivity contribution in [1.29, 1.82) is 0 Å². The summed E-state index contributed by atoms with van der Waals surface area (Å²) in [5.74, 6) is 0.705. The topological polar surface area (TPSA) is 54.0 Å². The summed E-state index contributed by atoms with van der Waals surface area (Å²) in [4.78, 5) is 12.4. The highest BCUT2D eigenvalue weighted by Gasteiger charge is 2.59. The molecule has 0 aliphatic rings. The Kier molecular flexibility index (Phi) is 6.13. The van der Waals surface area contributed by atoms with Crippen LogP contribution in [0.4, 0.5) is 0 Å². The van der Waals surface area contributed by atoms with E-state index < -0.39 is 15.0 Å². The van der Waals surface area contributed by atoms with E-state index in [0.717, 1.165) is 0 Å². The molecule has 28 heavy (non-hydrogen) atoms. The maximum atomic E-state index is 12.4. The van der Waals surface area contributed by atoms with Gasteiger partial charge in [-0.3, -0.25) is 0 Å². The summed E-state index contributed by atoms with van der Waals surface area (Å²) in [6.07, 6.45) is 0.